The van der Waals surface area contributed by atoms with Gasteiger partial charge in [-0.2, -0.15) is 0 Å². The molecule has 4 N–H and O–H groups in total. The number of para-hydroxylation sites is 1. The maximum Gasteiger partial charge on any atom is 0.319 e. The average Bonchev–Trinajstić information content (AvgIpc) is 3.22. The molecule has 2 amide bonds. The number of pyridine rings is 1. The molecular weight excluding hydrogens is 426 g/mol. The molecule has 2 heterocycles. The van der Waals surface area contributed by atoms with Crippen molar-refractivity contribution in [2.24, 2.45) is 5.14 Å². The standard InChI is InChI=1S/C23H27N5O3S/c1-16-14-21(19-7-2-4-8-20(19)26-16)27-23(29)25-11-13-28-12-10-17(15-28)18-6-3-5-9-22(18)32(24,30)31/h2-9,14,17H,10-13,15H2,1H3,(H2,24,30,31)(H2,25,26,27,29)/t17-/m1/s1. The fourth-order valence-corrected chi connectivity index (χ4v) is 5.10. The van der Waals surface area contributed by atoms with E-state index in [4.69, 9.17) is 5.14 Å². The zero-order valence-electron chi connectivity index (χ0n) is 17.9. The molecule has 8 nitrogen and oxygen atoms in total. The Bertz CT molecular complexity index is 1250. The Morgan fingerprint density at radius 3 is 2.75 bits per heavy atom. The maximum absolute atomic E-state index is 12.4. The lowest BCUT2D eigenvalue weighted by molar-refractivity contribution is 0.249. The lowest BCUT2D eigenvalue weighted by Crippen LogP contribution is -2.36. The van der Waals surface area contributed by atoms with Crippen molar-refractivity contribution in [2.75, 3.05) is 31.5 Å². The number of primary sulfonamides is 1. The largest absolute Gasteiger partial charge is 0.337 e. The van der Waals surface area contributed by atoms with E-state index in [0.29, 0.717) is 13.1 Å². The first-order chi connectivity index (χ1) is 15.3. The van der Waals surface area contributed by atoms with Crippen LogP contribution in [0.15, 0.2) is 59.5 Å². The van der Waals surface area contributed by atoms with E-state index >= 15 is 0 Å². The molecular formula is C23H27N5O3S. The molecule has 0 radical (unpaired) electrons. The Labute approximate surface area is 187 Å². The van der Waals surface area contributed by atoms with Gasteiger partial charge in [-0.3, -0.25) is 4.98 Å². The number of likely N-dealkylation sites (tertiary alicyclic amines) is 1. The highest BCUT2D eigenvalue weighted by molar-refractivity contribution is 7.89. The second-order valence-electron chi connectivity index (χ2n) is 8.08. The monoisotopic (exact) mass is 453 g/mol. The number of nitrogens with one attached hydrogen (secondary N) is 2. The van der Waals surface area contributed by atoms with Crippen LogP contribution in [0.25, 0.3) is 10.9 Å². The maximum atomic E-state index is 12.4. The third-order valence-electron chi connectivity index (χ3n) is 5.74. The number of aryl methyl sites for hydroxylation is 1. The van der Waals surface area contributed by atoms with Gasteiger partial charge in [0.15, 0.2) is 0 Å². The van der Waals surface area contributed by atoms with Crippen molar-refractivity contribution in [3.8, 4) is 0 Å². The molecule has 3 aromatic rings. The van der Waals surface area contributed by atoms with E-state index in [1.54, 1.807) is 12.1 Å². The number of carbonyl (C=O) groups excluding carboxylic acids is 1. The first kappa shape index (κ1) is 22.2. The van der Waals surface area contributed by atoms with Crippen LogP contribution in [0.2, 0.25) is 0 Å². The summed E-state index contributed by atoms with van der Waals surface area (Å²) >= 11 is 0. The van der Waals surface area contributed by atoms with E-state index in [0.717, 1.165) is 47.4 Å². The molecule has 32 heavy (non-hydrogen) atoms. The second kappa shape index (κ2) is 9.23. The van der Waals surface area contributed by atoms with Crippen LogP contribution in [-0.4, -0.2) is 50.5 Å². The fraction of sp³-hybridized carbons (Fsp3) is 0.304. The highest BCUT2D eigenvalue weighted by Gasteiger charge is 2.27. The summed E-state index contributed by atoms with van der Waals surface area (Å²) < 4.78 is 23.8. The number of fused-ring (bicyclic) bond motifs is 1. The molecule has 0 spiro atoms. The lowest BCUT2D eigenvalue weighted by Gasteiger charge is -2.18. The van der Waals surface area contributed by atoms with Gasteiger partial charge in [0.1, 0.15) is 0 Å². The van der Waals surface area contributed by atoms with E-state index in [1.165, 1.54) is 0 Å². The molecule has 0 saturated carbocycles. The van der Waals surface area contributed by atoms with Crippen molar-refractivity contribution in [3.63, 3.8) is 0 Å². The van der Waals surface area contributed by atoms with Crippen molar-refractivity contribution < 1.29 is 13.2 Å². The number of hydrogen-bond acceptors (Lipinski definition) is 5. The van der Waals surface area contributed by atoms with Gasteiger partial charge in [-0.05, 0) is 49.6 Å². The van der Waals surface area contributed by atoms with Crippen molar-refractivity contribution >= 4 is 32.6 Å². The van der Waals surface area contributed by atoms with E-state index < -0.39 is 10.0 Å². The van der Waals surface area contributed by atoms with Gasteiger partial charge in [0.2, 0.25) is 10.0 Å². The summed E-state index contributed by atoms with van der Waals surface area (Å²) in [5.41, 5.74) is 3.17. The third kappa shape index (κ3) is 5.07. The molecule has 9 heteroatoms. The molecule has 0 aliphatic carbocycles. The summed E-state index contributed by atoms with van der Waals surface area (Å²) in [5.74, 6) is 0.101. The average molecular weight is 454 g/mol. The topological polar surface area (TPSA) is 117 Å². The molecule has 1 aromatic heterocycles. The normalized spacial score (nSPS) is 16.9. The first-order valence-corrected chi connectivity index (χ1v) is 12.1. The zero-order chi connectivity index (χ0) is 22.7. The van der Waals surface area contributed by atoms with Crippen molar-refractivity contribution in [2.45, 2.75) is 24.2 Å². The SMILES string of the molecule is Cc1cc(NC(=O)NCCN2CC[C@@H](c3ccccc3S(N)(=O)=O)C2)c2ccccc2n1. The number of benzene rings is 2. The van der Waals surface area contributed by atoms with E-state index in [9.17, 15) is 13.2 Å². The zero-order valence-corrected chi connectivity index (χ0v) is 18.7. The summed E-state index contributed by atoms with van der Waals surface area (Å²) in [6.45, 7) is 4.62. The highest BCUT2D eigenvalue weighted by Crippen LogP contribution is 2.31. The Morgan fingerprint density at radius 1 is 1.19 bits per heavy atom. The van der Waals surface area contributed by atoms with E-state index in [2.05, 4.69) is 20.5 Å². The third-order valence-corrected chi connectivity index (χ3v) is 6.73. The van der Waals surface area contributed by atoms with E-state index in [-0.39, 0.29) is 16.8 Å². The minimum Gasteiger partial charge on any atom is -0.337 e. The molecule has 0 bridgehead atoms. The van der Waals surface area contributed by atoms with Crippen LogP contribution in [0.1, 0.15) is 23.6 Å². The number of nitrogens with zero attached hydrogens (tertiary/aromatic N) is 2. The smallest absolute Gasteiger partial charge is 0.319 e. The summed E-state index contributed by atoms with van der Waals surface area (Å²) in [6, 6.07) is 16.2. The Balaban J connectivity index is 1.31. The Morgan fingerprint density at radius 2 is 1.94 bits per heavy atom. The van der Waals surface area contributed by atoms with Crippen molar-refractivity contribution in [3.05, 3.63) is 65.9 Å². The van der Waals surface area contributed by atoms with Gasteiger partial charge in [-0.25, -0.2) is 18.4 Å². The number of nitrogens with two attached hydrogens (primary N) is 1. The van der Waals surface area contributed by atoms with Crippen LogP contribution in [-0.2, 0) is 10.0 Å². The number of rotatable bonds is 6. The van der Waals surface area contributed by atoms with Crippen LogP contribution >= 0.6 is 0 Å². The van der Waals surface area contributed by atoms with Gasteiger partial charge in [-0.1, -0.05) is 36.4 Å². The number of amides is 2. The molecule has 1 aliphatic rings. The molecule has 2 aromatic carbocycles. The van der Waals surface area contributed by atoms with E-state index in [1.807, 2.05) is 49.4 Å². The second-order valence-corrected chi connectivity index (χ2v) is 9.61. The van der Waals surface area contributed by atoms with Gasteiger partial charge in [0, 0.05) is 30.7 Å². The Kier molecular flexibility index (Phi) is 6.40. The van der Waals surface area contributed by atoms with Crippen LogP contribution in [0.4, 0.5) is 10.5 Å². The molecule has 1 saturated heterocycles. The minimum absolute atomic E-state index is 0.101. The van der Waals surface area contributed by atoms with Crippen LogP contribution in [0.3, 0.4) is 0 Å². The molecule has 1 fully saturated rings. The number of urea groups is 1. The summed E-state index contributed by atoms with van der Waals surface area (Å²) in [6.07, 6.45) is 0.848. The van der Waals surface area contributed by atoms with Gasteiger partial charge in [0.05, 0.1) is 16.1 Å². The molecule has 168 valence electrons. The quantitative estimate of drug-likeness (QED) is 0.531. The highest BCUT2D eigenvalue weighted by atomic mass is 32.2. The number of aromatic nitrogens is 1. The Hall–Kier alpha value is -3.01. The minimum atomic E-state index is -3.75. The van der Waals surface area contributed by atoms with Crippen molar-refractivity contribution in [1.82, 2.24) is 15.2 Å². The predicted octanol–water partition coefficient (Wildman–Crippen LogP) is 2.80. The predicted molar refractivity (Wildman–Crippen MR) is 125 cm³/mol. The first-order valence-electron chi connectivity index (χ1n) is 10.6. The number of sulfonamides is 1. The van der Waals surface area contributed by atoms with Gasteiger partial charge in [-0.15, -0.1) is 0 Å². The molecule has 4 rings (SSSR count). The fourth-order valence-electron chi connectivity index (χ4n) is 4.27. The van der Waals surface area contributed by atoms with Crippen LogP contribution in [0.5, 0.6) is 0 Å². The van der Waals surface area contributed by atoms with Crippen LogP contribution < -0.4 is 15.8 Å². The van der Waals surface area contributed by atoms with Gasteiger partial charge >= 0.3 is 6.03 Å². The van der Waals surface area contributed by atoms with Crippen molar-refractivity contribution in [1.29, 1.82) is 0 Å². The van der Waals surface area contributed by atoms with Gasteiger partial charge in [0.25, 0.3) is 0 Å². The number of hydrogen-bond donors (Lipinski definition) is 3. The lowest BCUT2D eigenvalue weighted by atomic mass is 9.98. The number of anilines is 1. The summed E-state index contributed by atoms with van der Waals surface area (Å²) in [7, 11) is -3.75. The molecule has 1 aliphatic heterocycles. The van der Waals surface area contributed by atoms with Gasteiger partial charge < -0.3 is 15.5 Å². The summed E-state index contributed by atoms with van der Waals surface area (Å²) in [4.78, 5) is 19.3. The number of carbonyl (C=O) groups is 1. The summed E-state index contributed by atoms with van der Waals surface area (Å²) in [5, 5.41) is 12.1. The van der Waals surface area contributed by atoms with Crippen LogP contribution in [0, 0.1) is 6.92 Å². The molecule has 0 unspecified atom stereocenters. The molecule has 1 atom stereocenters.